The molecular weight excluding hydrogens is 530 g/mol. The van der Waals surface area contributed by atoms with E-state index in [0.717, 1.165) is 53.4 Å². The first-order valence-electron chi connectivity index (χ1n) is 13.7. The lowest BCUT2D eigenvalue weighted by atomic mass is 10.0. The Hall–Kier alpha value is -3.41. The van der Waals surface area contributed by atoms with Crippen molar-refractivity contribution in [2.45, 2.75) is 58.3 Å². The van der Waals surface area contributed by atoms with Crippen LogP contribution < -0.4 is 16.0 Å². The van der Waals surface area contributed by atoms with E-state index < -0.39 is 16.1 Å². The van der Waals surface area contributed by atoms with E-state index >= 15 is 0 Å². The van der Waals surface area contributed by atoms with Crippen LogP contribution in [0.2, 0.25) is 0 Å². The number of nitrogens with one attached hydrogen (secondary N) is 3. The lowest BCUT2D eigenvalue weighted by Crippen LogP contribution is -2.38. The van der Waals surface area contributed by atoms with E-state index in [1.807, 2.05) is 48.9 Å². The molecule has 1 atom stereocenters. The predicted octanol–water partition coefficient (Wildman–Crippen LogP) is 3.42. The molecule has 2 aliphatic rings. The van der Waals surface area contributed by atoms with Gasteiger partial charge in [0, 0.05) is 41.6 Å². The average Bonchev–Trinajstić information content (AvgIpc) is 3.65. The number of dihydropyridines is 1. The minimum atomic E-state index is -3.04. The van der Waals surface area contributed by atoms with Gasteiger partial charge >= 0.3 is 0 Å². The number of nitrogens with zero attached hydrogens (tertiary/aromatic N) is 2. The molecule has 0 spiro atoms. The van der Waals surface area contributed by atoms with Gasteiger partial charge < -0.3 is 25.5 Å². The van der Waals surface area contributed by atoms with Gasteiger partial charge in [0.2, 0.25) is 0 Å². The number of aliphatic hydroxyl groups is 1. The van der Waals surface area contributed by atoms with E-state index in [1.54, 1.807) is 6.20 Å². The van der Waals surface area contributed by atoms with Gasteiger partial charge in [0.05, 0.1) is 35.6 Å². The largest absolute Gasteiger partial charge is 0.460 e. The number of aliphatic hydroxyl groups excluding tert-OH is 1. The monoisotopic (exact) mass is 567 g/mol. The summed E-state index contributed by atoms with van der Waals surface area (Å²) >= 11 is 0. The average molecular weight is 568 g/mol. The second-order valence-electron chi connectivity index (χ2n) is 10.8. The second-order valence-corrected chi connectivity index (χ2v) is 13.1. The van der Waals surface area contributed by atoms with Gasteiger partial charge in [-0.2, -0.15) is 5.10 Å². The first-order valence-corrected chi connectivity index (χ1v) is 15.7. The molecule has 3 heterocycles. The molecule has 1 saturated carbocycles. The third-order valence-corrected chi connectivity index (χ3v) is 8.55. The molecule has 2 aromatic heterocycles. The van der Waals surface area contributed by atoms with E-state index in [0.29, 0.717) is 41.8 Å². The number of sulfone groups is 1. The number of hydrogen-bond acceptors (Lipinski definition) is 8. The molecule has 1 aliphatic carbocycles. The van der Waals surface area contributed by atoms with Gasteiger partial charge in [0.1, 0.15) is 27.6 Å². The summed E-state index contributed by atoms with van der Waals surface area (Å²) in [5.41, 5.74) is 4.64. The summed E-state index contributed by atoms with van der Waals surface area (Å²) in [5, 5.41) is 25.0. The highest BCUT2D eigenvalue weighted by molar-refractivity contribution is 7.90. The number of aromatic nitrogens is 2. The summed E-state index contributed by atoms with van der Waals surface area (Å²) in [6.45, 7) is 4.74. The summed E-state index contributed by atoms with van der Waals surface area (Å²) in [7, 11) is -3.04. The normalized spacial score (nSPS) is 18.3. The second kappa shape index (κ2) is 11.6. The Kier molecular flexibility index (Phi) is 8.16. The fourth-order valence-electron chi connectivity index (χ4n) is 5.50. The van der Waals surface area contributed by atoms with Gasteiger partial charge in [0.25, 0.3) is 5.91 Å². The number of fused-ring (bicyclic) bond motifs is 1. The van der Waals surface area contributed by atoms with E-state index in [2.05, 4.69) is 16.0 Å². The van der Waals surface area contributed by atoms with Crippen molar-refractivity contribution in [3.05, 3.63) is 64.7 Å². The minimum Gasteiger partial charge on any atom is -0.460 e. The van der Waals surface area contributed by atoms with Crippen LogP contribution in [0.5, 0.6) is 0 Å². The number of carbonyl (C=O) groups is 1. The summed E-state index contributed by atoms with van der Waals surface area (Å²) in [4.78, 5) is 13.6. The van der Waals surface area contributed by atoms with Crippen molar-refractivity contribution in [1.82, 2.24) is 25.7 Å². The topological polar surface area (TPSA) is 138 Å². The van der Waals surface area contributed by atoms with Crippen LogP contribution in [-0.4, -0.2) is 60.5 Å². The predicted molar refractivity (Wildman–Crippen MR) is 154 cm³/mol. The number of rotatable bonds is 10. The molecule has 214 valence electrons. The van der Waals surface area contributed by atoms with Crippen LogP contribution in [-0.2, 0) is 16.4 Å². The summed E-state index contributed by atoms with van der Waals surface area (Å²) in [6.07, 6.45) is 8.49. The maximum Gasteiger partial charge on any atom is 0.252 e. The van der Waals surface area contributed by atoms with Gasteiger partial charge in [-0.25, -0.2) is 8.42 Å². The number of allylic oxidation sites excluding steroid dienone is 3. The molecule has 40 heavy (non-hydrogen) atoms. The molecule has 1 amide bonds. The molecule has 1 fully saturated rings. The molecule has 0 radical (unpaired) electrons. The van der Waals surface area contributed by atoms with Crippen molar-refractivity contribution in [3.8, 4) is 11.3 Å². The number of amides is 1. The third-order valence-electron chi connectivity index (χ3n) is 7.60. The fourth-order valence-corrected chi connectivity index (χ4v) is 6.01. The SMILES string of the molecule is CC1=CC(C)=C(CNC(=O)c2cc(-c3ccc(CNCCS(C)(=O)=O)o3)cc3c2cnn3C2CCCC2)C(O)N1. The summed E-state index contributed by atoms with van der Waals surface area (Å²) in [5.74, 6) is 1.08. The Labute approximate surface area is 234 Å². The maximum atomic E-state index is 13.6. The zero-order valence-electron chi connectivity index (χ0n) is 23.2. The molecule has 5 rings (SSSR count). The smallest absolute Gasteiger partial charge is 0.252 e. The Balaban J connectivity index is 1.43. The van der Waals surface area contributed by atoms with Crippen LogP contribution in [0.4, 0.5) is 0 Å². The van der Waals surface area contributed by atoms with Crippen molar-refractivity contribution in [3.63, 3.8) is 0 Å². The van der Waals surface area contributed by atoms with Crippen LogP contribution >= 0.6 is 0 Å². The molecule has 11 heteroatoms. The number of hydrogen-bond donors (Lipinski definition) is 4. The van der Waals surface area contributed by atoms with Gasteiger partial charge in [0.15, 0.2) is 0 Å². The van der Waals surface area contributed by atoms with Gasteiger partial charge in [-0.15, -0.1) is 0 Å². The van der Waals surface area contributed by atoms with Crippen molar-refractivity contribution >= 4 is 26.6 Å². The molecule has 3 aromatic rings. The number of furan rings is 1. The summed E-state index contributed by atoms with van der Waals surface area (Å²) in [6, 6.07) is 7.84. The molecule has 1 unspecified atom stereocenters. The van der Waals surface area contributed by atoms with Gasteiger partial charge in [-0.1, -0.05) is 12.8 Å². The van der Waals surface area contributed by atoms with Crippen LogP contribution in [0, 0.1) is 0 Å². The molecule has 1 aromatic carbocycles. The number of benzene rings is 1. The van der Waals surface area contributed by atoms with Crippen LogP contribution in [0.1, 0.15) is 61.7 Å². The summed E-state index contributed by atoms with van der Waals surface area (Å²) < 4.78 is 30.9. The maximum absolute atomic E-state index is 13.6. The fraction of sp³-hybridized carbons (Fsp3) is 0.448. The Morgan fingerprint density at radius 2 is 1.98 bits per heavy atom. The van der Waals surface area contributed by atoms with Crippen LogP contribution in [0.3, 0.4) is 0 Å². The molecular formula is C29H37N5O5S. The highest BCUT2D eigenvalue weighted by atomic mass is 32.2. The van der Waals surface area contributed by atoms with Crippen LogP contribution in [0.25, 0.3) is 22.2 Å². The van der Waals surface area contributed by atoms with E-state index in [-0.39, 0.29) is 18.2 Å². The highest BCUT2D eigenvalue weighted by Gasteiger charge is 2.24. The molecule has 10 nitrogen and oxygen atoms in total. The van der Waals surface area contributed by atoms with Crippen LogP contribution in [0.15, 0.2) is 57.8 Å². The zero-order chi connectivity index (χ0) is 28.4. The van der Waals surface area contributed by atoms with Gasteiger partial charge in [-0.3, -0.25) is 9.48 Å². The van der Waals surface area contributed by atoms with Crippen molar-refractivity contribution in [2.75, 3.05) is 25.1 Å². The first-order chi connectivity index (χ1) is 19.1. The van der Waals surface area contributed by atoms with E-state index in [4.69, 9.17) is 9.52 Å². The quantitative estimate of drug-likeness (QED) is 0.274. The Morgan fingerprint density at radius 1 is 1.20 bits per heavy atom. The van der Waals surface area contributed by atoms with Crippen molar-refractivity contribution in [1.29, 1.82) is 0 Å². The lowest BCUT2D eigenvalue weighted by Gasteiger charge is -2.24. The van der Waals surface area contributed by atoms with E-state index in [1.165, 1.54) is 6.26 Å². The molecule has 4 N–H and O–H groups in total. The zero-order valence-corrected chi connectivity index (χ0v) is 24.0. The molecule has 1 aliphatic heterocycles. The lowest BCUT2D eigenvalue weighted by molar-refractivity contribution is 0.0954. The van der Waals surface area contributed by atoms with Crippen molar-refractivity contribution in [2.24, 2.45) is 0 Å². The minimum absolute atomic E-state index is 0.0558. The molecule has 0 saturated heterocycles. The Morgan fingerprint density at radius 3 is 2.70 bits per heavy atom. The first kappa shape index (κ1) is 28.1. The van der Waals surface area contributed by atoms with E-state index in [9.17, 15) is 18.3 Å². The van der Waals surface area contributed by atoms with Gasteiger partial charge in [-0.05, 0) is 62.6 Å². The number of carbonyl (C=O) groups excluding carboxylic acids is 1. The Bertz CT molecular complexity index is 1580. The standard InChI is InChI=1S/C29H37N5O5S/c1-18-12-19(2)33-29(36)24(18)16-31-28(35)23-13-20(14-26-25(23)17-32-34(26)21-6-4-5-7-21)27-9-8-22(39-27)15-30-10-11-40(3,37)38/h8-9,12-14,17,21,29-30,33,36H,4-7,10-11,15-16H2,1-3H3,(H,31,35). The highest BCUT2D eigenvalue weighted by Crippen LogP contribution is 2.35. The van der Waals surface area contributed by atoms with Crippen molar-refractivity contribution < 1.29 is 22.7 Å². The third kappa shape index (κ3) is 6.32. The molecule has 0 bridgehead atoms.